The van der Waals surface area contributed by atoms with Crippen molar-refractivity contribution in [2.24, 2.45) is 0 Å². The van der Waals surface area contributed by atoms with Crippen LogP contribution in [0.1, 0.15) is 29.9 Å². The number of hydrogen-bond donors (Lipinski definition) is 2. The predicted octanol–water partition coefficient (Wildman–Crippen LogP) is 1.33. The van der Waals surface area contributed by atoms with Gasteiger partial charge in [-0.1, -0.05) is 6.07 Å². The summed E-state index contributed by atoms with van der Waals surface area (Å²) in [6, 6.07) is 3.08. The van der Waals surface area contributed by atoms with Crippen LogP contribution in [0.25, 0.3) is 6.08 Å². The molecule has 0 saturated heterocycles. The minimum absolute atomic E-state index is 0.101. The van der Waals surface area contributed by atoms with E-state index in [-0.39, 0.29) is 17.6 Å². The van der Waals surface area contributed by atoms with Crippen molar-refractivity contribution in [1.82, 2.24) is 10.3 Å². The molecule has 1 rings (SSSR count). The number of amides is 1. The number of nitrogens with zero attached hydrogens (tertiary/aromatic N) is 1. The van der Waals surface area contributed by atoms with Crippen LogP contribution < -0.4 is 5.32 Å². The molecule has 0 aliphatic rings. The highest BCUT2D eigenvalue weighted by atomic mass is 16.5. The molecule has 1 amide bonds. The van der Waals surface area contributed by atoms with Crippen molar-refractivity contribution < 1.29 is 19.4 Å². The van der Waals surface area contributed by atoms with Crippen molar-refractivity contribution in [3.05, 3.63) is 35.7 Å². The van der Waals surface area contributed by atoms with E-state index in [2.05, 4.69) is 10.3 Å². The Bertz CT molecular complexity index is 482. The molecular formula is C14H18N2O4. The van der Waals surface area contributed by atoms with Crippen molar-refractivity contribution in [1.29, 1.82) is 0 Å². The Balaban J connectivity index is 2.59. The number of pyridine rings is 1. The lowest BCUT2D eigenvalue weighted by Crippen LogP contribution is -2.36. The van der Waals surface area contributed by atoms with Gasteiger partial charge >= 0.3 is 5.97 Å². The maximum Gasteiger partial charge on any atom is 0.328 e. The van der Waals surface area contributed by atoms with Crippen LogP contribution >= 0.6 is 0 Å². The fourth-order valence-corrected chi connectivity index (χ4v) is 1.44. The second kappa shape index (κ2) is 8.06. The number of hydrogen-bond acceptors (Lipinski definition) is 4. The number of carbonyl (C=O) groups excluding carboxylic acids is 1. The van der Waals surface area contributed by atoms with E-state index < -0.39 is 5.97 Å². The van der Waals surface area contributed by atoms with Crippen LogP contribution in [0.3, 0.4) is 0 Å². The number of ether oxygens (including phenoxy) is 1. The first-order valence-corrected chi connectivity index (χ1v) is 6.28. The Hall–Kier alpha value is -2.21. The molecule has 6 heteroatoms. The number of aromatic nitrogens is 1. The van der Waals surface area contributed by atoms with E-state index in [4.69, 9.17) is 9.84 Å². The first-order chi connectivity index (χ1) is 9.52. The lowest BCUT2D eigenvalue weighted by atomic mass is 10.2. The molecule has 1 atom stereocenters. The molecule has 1 aromatic rings. The quantitative estimate of drug-likeness (QED) is 0.735. The largest absolute Gasteiger partial charge is 0.478 e. The van der Waals surface area contributed by atoms with Crippen LogP contribution in [-0.4, -0.2) is 41.2 Å². The van der Waals surface area contributed by atoms with Crippen LogP contribution in [0.4, 0.5) is 0 Å². The van der Waals surface area contributed by atoms with Crippen molar-refractivity contribution in [3.8, 4) is 0 Å². The number of carboxylic acids is 1. The van der Waals surface area contributed by atoms with Gasteiger partial charge in [0.2, 0.25) is 0 Å². The van der Waals surface area contributed by atoms with Gasteiger partial charge in [0.25, 0.3) is 5.91 Å². The number of carbonyl (C=O) groups is 2. The van der Waals surface area contributed by atoms with Crippen LogP contribution in [0.15, 0.2) is 24.4 Å². The van der Waals surface area contributed by atoms with Gasteiger partial charge in [-0.05, 0) is 31.6 Å². The van der Waals surface area contributed by atoms with Crippen LogP contribution in [-0.2, 0) is 9.53 Å². The van der Waals surface area contributed by atoms with Gasteiger partial charge in [-0.2, -0.15) is 0 Å². The molecule has 0 aliphatic carbocycles. The molecule has 0 radical (unpaired) electrons. The summed E-state index contributed by atoms with van der Waals surface area (Å²) >= 11 is 0. The minimum atomic E-state index is -1.03. The number of carboxylic acid groups (broad SMARTS) is 1. The number of nitrogens with one attached hydrogen (secondary N) is 1. The molecule has 0 aromatic carbocycles. The smallest absolute Gasteiger partial charge is 0.328 e. The SMILES string of the molecule is CCOCC(C)NC(=O)c1ccc(C=CC(=O)O)cn1. The summed E-state index contributed by atoms with van der Waals surface area (Å²) in [6.07, 6.45) is 3.87. The molecule has 0 aliphatic heterocycles. The van der Waals surface area contributed by atoms with Gasteiger partial charge in [-0.25, -0.2) is 4.79 Å². The summed E-state index contributed by atoms with van der Waals surface area (Å²) in [6.45, 7) is 4.78. The van der Waals surface area contributed by atoms with E-state index in [0.29, 0.717) is 18.8 Å². The molecule has 0 bridgehead atoms. The zero-order valence-electron chi connectivity index (χ0n) is 11.5. The second-order valence-corrected chi connectivity index (χ2v) is 4.18. The second-order valence-electron chi connectivity index (χ2n) is 4.18. The highest BCUT2D eigenvalue weighted by molar-refractivity contribution is 5.92. The average Bonchev–Trinajstić information content (AvgIpc) is 2.43. The van der Waals surface area contributed by atoms with E-state index >= 15 is 0 Å². The van der Waals surface area contributed by atoms with E-state index in [1.54, 1.807) is 12.1 Å². The summed E-state index contributed by atoms with van der Waals surface area (Å²) in [5, 5.41) is 11.3. The Morgan fingerprint density at radius 3 is 2.80 bits per heavy atom. The van der Waals surface area contributed by atoms with Crippen molar-refractivity contribution >= 4 is 18.0 Å². The number of aliphatic carboxylic acids is 1. The average molecular weight is 278 g/mol. The van der Waals surface area contributed by atoms with Gasteiger partial charge in [-0.3, -0.25) is 9.78 Å². The highest BCUT2D eigenvalue weighted by Gasteiger charge is 2.10. The fraction of sp³-hybridized carbons (Fsp3) is 0.357. The molecule has 6 nitrogen and oxygen atoms in total. The lowest BCUT2D eigenvalue weighted by Gasteiger charge is -2.13. The Morgan fingerprint density at radius 2 is 2.25 bits per heavy atom. The van der Waals surface area contributed by atoms with E-state index in [1.807, 2.05) is 13.8 Å². The first-order valence-electron chi connectivity index (χ1n) is 6.28. The van der Waals surface area contributed by atoms with Crippen molar-refractivity contribution in [2.75, 3.05) is 13.2 Å². The fourth-order valence-electron chi connectivity index (χ4n) is 1.44. The molecule has 108 valence electrons. The topological polar surface area (TPSA) is 88.5 Å². The maximum absolute atomic E-state index is 11.9. The predicted molar refractivity (Wildman–Crippen MR) is 74.3 cm³/mol. The zero-order chi connectivity index (χ0) is 15.0. The Labute approximate surface area is 117 Å². The molecule has 1 aromatic heterocycles. The van der Waals surface area contributed by atoms with Gasteiger partial charge < -0.3 is 15.2 Å². The summed E-state index contributed by atoms with van der Waals surface area (Å²) in [4.78, 5) is 26.2. The van der Waals surface area contributed by atoms with Crippen LogP contribution in [0.2, 0.25) is 0 Å². The van der Waals surface area contributed by atoms with Gasteiger partial charge in [0.15, 0.2) is 0 Å². The Morgan fingerprint density at radius 1 is 1.50 bits per heavy atom. The van der Waals surface area contributed by atoms with E-state index in [9.17, 15) is 9.59 Å². The third-order valence-electron chi connectivity index (χ3n) is 2.39. The third kappa shape index (κ3) is 5.62. The zero-order valence-corrected chi connectivity index (χ0v) is 11.5. The summed E-state index contributed by atoms with van der Waals surface area (Å²) in [5.74, 6) is -1.32. The first kappa shape index (κ1) is 15.8. The lowest BCUT2D eigenvalue weighted by molar-refractivity contribution is -0.131. The Kier molecular flexibility index (Phi) is 6.39. The summed E-state index contributed by atoms with van der Waals surface area (Å²) < 4.78 is 5.21. The van der Waals surface area contributed by atoms with Crippen LogP contribution in [0.5, 0.6) is 0 Å². The monoisotopic (exact) mass is 278 g/mol. The highest BCUT2D eigenvalue weighted by Crippen LogP contribution is 2.03. The molecule has 0 saturated carbocycles. The summed E-state index contributed by atoms with van der Waals surface area (Å²) in [7, 11) is 0. The summed E-state index contributed by atoms with van der Waals surface area (Å²) in [5.41, 5.74) is 0.895. The van der Waals surface area contributed by atoms with Gasteiger partial charge in [0.1, 0.15) is 5.69 Å². The molecule has 0 spiro atoms. The molecule has 2 N–H and O–H groups in total. The van der Waals surface area contributed by atoms with Crippen LogP contribution in [0, 0.1) is 0 Å². The van der Waals surface area contributed by atoms with Gasteiger partial charge in [0.05, 0.1) is 6.61 Å². The minimum Gasteiger partial charge on any atom is -0.478 e. The standard InChI is InChI=1S/C14H18N2O4/c1-3-20-9-10(2)16-14(19)12-6-4-11(8-15-12)5-7-13(17)18/h4-8,10H,3,9H2,1-2H3,(H,16,19)(H,17,18). The van der Waals surface area contributed by atoms with Gasteiger partial charge in [-0.15, -0.1) is 0 Å². The van der Waals surface area contributed by atoms with Gasteiger partial charge in [0, 0.05) is 24.9 Å². The number of rotatable bonds is 7. The van der Waals surface area contributed by atoms with E-state index in [0.717, 1.165) is 6.08 Å². The van der Waals surface area contributed by atoms with Crippen molar-refractivity contribution in [3.63, 3.8) is 0 Å². The molecular weight excluding hydrogens is 260 g/mol. The van der Waals surface area contributed by atoms with Crippen molar-refractivity contribution in [2.45, 2.75) is 19.9 Å². The maximum atomic E-state index is 11.9. The molecule has 1 unspecified atom stereocenters. The van der Waals surface area contributed by atoms with E-state index in [1.165, 1.54) is 12.3 Å². The molecule has 0 fully saturated rings. The molecule has 20 heavy (non-hydrogen) atoms. The third-order valence-corrected chi connectivity index (χ3v) is 2.39. The molecule has 1 heterocycles. The normalized spacial score (nSPS) is 12.3.